The Hall–Kier alpha value is -0.200. The zero-order valence-electron chi connectivity index (χ0n) is 12.6. The fraction of sp³-hybridized carbons (Fsp3) is 1.00. The van der Waals surface area contributed by atoms with Crippen LogP contribution in [0.15, 0.2) is 0 Å². The maximum absolute atomic E-state index is 6.10. The van der Waals surface area contributed by atoms with Gasteiger partial charge in [-0.3, -0.25) is 0 Å². The summed E-state index contributed by atoms with van der Waals surface area (Å²) in [5, 5.41) is 0. The van der Waals surface area contributed by atoms with Gasteiger partial charge in [-0.25, -0.2) is 0 Å². The van der Waals surface area contributed by atoms with Crippen molar-refractivity contribution in [3.8, 4) is 0 Å². The number of rotatable bonds is 1. The maximum Gasteiger partial charge on any atom is 0.203 e. The van der Waals surface area contributed by atoms with Gasteiger partial charge in [0.25, 0.3) is 0 Å². The first-order valence-corrected chi connectivity index (χ1v) is 7.03. The van der Waals surface area contributed by atoms with Crippen LogP contribution in [-0.4, -0.2) is 42.3 Å². The minimum absolute atomic E-state index is 0.0932. The monoisotopic (exact) mass is 272 g/mol. The molecule has 1 unspecified atom stereocenters. The third-order valence-corrected chi connectivity index (χ3v) is 4.01. The fourth-order valence-electron chi connectivity index (χ4n) is 3.34. The summed E-state index contributed by atoms with van der Waals surface area (Å²) in [5.74, 6) is -1.83. The fourth-order valence-corrected chi connectivity index (χ4v) is 3.34. The van der Waals surface area contributed by atoms with Gasteiger partial charge in [0.15, 0.2) is 11.6 Å². The van der Waals surface area contributed by atoms with Gasteiger partial charge in [-0.2, -0.15) is 0 Å². The Bertz CT molecular complexity index is 378. The third-order valence-electron chi connectivity index (χ3n) is 4.01. The standard InChI is InChI=1S/C14H24O5/c1-8(2)14-11(18-13(5,6)19-14)10-9(7-15-14)16-12(3,4)17-10/h8-11H,7H2,1-6H3/t9-,10-,11?,14+/m1/s1. The van der Waals surface area contributed by atoms with Gasteiger partial charge < -0.3 is 23.7 Å². The Morgan fingerprint density at radius 2 is 1.63 bits per heavy atom. The van der Waals surface area contributed by atoms with Gasteiger partial charge >= 0.3 is 0 Å². The molecule has 5 nitrogen and oxygen atoms in total. The van der Waals surface area contributed by atoms with Crippen LogP contribution in [0, 0.1) is 5.92 Å². The predicted octanol–water partition coefficient (Wildman–Crippen LogP) is 2.04. The lowest BCUT2D eigenvalue weighted by Crippen LogP contribution is -2.60. The number of hydrogen-bond acceptors (Lipinski definition) is 5. The van der Waals surface area contributed by atoms with Crippen LogP contribution in [0.2, 0.25) is 0 Å². The molecule has 19 heavy (non-hydrogen) atoms. The summed E-state index contributed by atoms with van der Waals surface area (Å²) in [4.78, 5) is 0. The van der Waals surface area contributed by atoms with Crippen molar-refractivity contribution in [1.82, 2.24) is 0 Å². The highest BCUT2D eigenvalue weighted by Gasteiger charge is 2.66. The van der Waals surface area contributed by atoms with E-state index in [1.807, 2.05) is 27.7 Å². The van der Waals surface area contributed by atoms with E-state index < -0.39 is 17.4 Å². The van der Waals surface area contributed by atoms with Crippen LogP contribution in [0.4, 0.5) is 0 Å². The molecule has 110 valence electrons. The van der Waals surface area contributed by atoms with Gasteiger partial charge in [-0.15, -0.1) is 0 Å². The average molecular weight is 272 g/mol. The Balaban J connectivity index is 1.94. The van der Waals surface area contributed by atoms with Gasteiger partial charge in [0.05, 0.1) is 6.61 Å². The predicted molar refractivity (Wildman–Crippen MR) is 67.4 cm³/mol. The van der Waals surface area contributed by atoms with Crippen LogP contribution in [-0.2, 0) is 23.7 Å². The summed E-state index contributed by atoms with van der Waals surface area (Å²) in [7, 11) is 0. The second kappa shape index (κ2) is 3.92. The van der Waals surface area contributed by atoms with E-state index in [2.05, 4.69) is 13.8 Å². The average Bonchev–Trinajstić information content (AvgIpc) is 2.70. The molecule has 0 aromatic carbocycles. The molecule has 3 aliphatic heterocycles. The highest BCUT2D eigenvalue weighted by Crippen LogP contribution is 2.50. The van der Waals surface area contributed by atoms with Crippen molar-refractivity contribution in [3.05, 3.63) is 0 Å². The van der Waals surface area contributed by atoms with E-state index in [4.69, 9.17) is 23.7 Å². The SMILES string of the molecule is CC(C)[C@@]12OC[C@H]3OC(C)(C)O[C@H]3C1OC(C)(C)O2. The lowest BCUT2D eigenvalue weighted by molar-refractivity contribution is -0.301. The summed E-state index contributed by atoms with van der Waals surface area (Å²) >= 11 is 0. The molecule has 0 spiro atoms. The number of hydrogen-bond donors (Lipinski definition) is 0. The quantitative estimate of drug-likeness (QED) is 0.731. The molecule has 0 saturated carbocycles. The van der Waals surface area contributed by atoms with Gasteiger partial charge in [0.1, 0.15) is 18.3 Å². The topological polar surface area (TPSA) is 46.2 Å². The molecule has 3 fully saturated rings. The van der Waals surface area contributed by atoms with Crippen LogP contribution >= 0.6 is 0 Å². The first-order chi connectivity index (χ1) is 8.65. The van der Waals surface area contributed by atoms with Crippen molar-refractivity contribution < 1.29 is 23.7 Å². The maximum atomic E-state index is 6.10. The number of fused-ring (bicyclic) bond motifs is 3. The summed E-state index contributed by atoms with van der Waals surface area (Å²) in [6.45, 7) is 12.3. The largest absolute Gasteiger partial charge is 0.344 e. The van der Waals surface area contributed by atoms with Crippen LogP contribution in [0.1, 0.15) is 41.5 Å². The van der Waals surface area contributed by atoms with E-state index in [-0.39, 0.29) is 24.2 Å². The molecule has 0 amide bonds. The summed E-state index contributed by atoms with van der Waals surface area (Å²) in [6, 6.07) is 0. The van der Waals surface area contributed by atoms with Crippen LogP contribution in [0.3, 0.4) is 0 Å². The molecule has 3 heterocycles. The Labute approximate surface area is 114 Å². The van der Waals surface area contributed by atoms with E-state index in [0.717, 1.165) is 0 Å². The van der Waals surface area contributed by atoms with E-state index >= 15 is 0 Å². The van der Waals surface area contributed by atoms with Gasteiger partial charge in [-0.05, 0) is 27.7 Å². The van der Waals surface area contributed by atoms with E-state index in [0.29, 0.717) is 6.61 Å². The molecule has 3 aliphatic rings. The van der Waals surface area contributed by atoms with Crippen molar-refractivity contribution in [3.63, 3.8) is 0 Å². The molecular weight excluding hydrogens is 248 g/mol. The summed E-state index contributed by atoms with van der Waals surface area (Å²) in [5.41, 5.74) is 0. The van der Waals surface area contributed by atoms with Crippen LogP contribution in [0.25, 0.3) is 0 Å². The second-order valence-corrected chi connectivity index (χ2v) is 6.87. The molecule has 0 aliphatic carbocycles. The Morgan fingerprint density at radius 3 is 2.26 bits per heavy atom. The molecule has 3 rings (SSSR count). The minimum atomic E-state index is -0.742. The smallest absolute Gasteiger partial charge is 0.203 e. The molecule has 0 radical (unpaired) electrons. The Morgan fingerprint density at radius 1 is 0.947 bits per heavy atom. The molecule has 3 saturated heterocycles. The highest BCUT2D eigenvalue weighted by atomic mass is 16.9. The lowest BCUT2D eigenvalue weighted by atomic mass is 9.89. The van der Waals surface area contributed by atoms with Crippen molar-refractivity contribution in [2.75, 3.05) is 6.61 Å². The first kappa shape index (κ1) is 13.8. The lowest BCUT2D eigenvalue weighted by Gasteiger charge is -2.43. The van der Waals surface area contributed by atoms with Crippen molar-refractivity contribution in [2.45, 2.75) is 77.2 Å². The normalized spacial score (nSPS) is 47.2. The van der Waals surface area contributed by atoms with E-state index in [1.165, 1.54) is 0 Å². The molecule has 5 heteroatoms. The number of ether oxygens (including phenoxy) is 5. The Kier molecular flexibility index (Phi) is 2.84. The van der Waals surface area contributed by atoms with Crippen molar-refractivity contribution in [2.24, 2.45) is 5.92 Å². The van der Waals surface area contributed by atoms with Gasteiger partial charge in [0.2, 0.25) is 5.79 Å². The molecule has 0 bridgehead atoms. The van der Waals surface area contributed by atoms with Crippen molar-refractivity contribution in [1.29, 1.82) is 0 Å². The molecule has 0 aromatic heterocycles. The van der Waals surface area contributed by atoms with Crippen LogP contribution < -0.4 is 0 Å². The van der Waals surface area contributed by atoms with Crippen molar-refractivity contribution >= 4 is 0 Å². The molecular formula is C14H24O5. The first-order valence-electron chi connectivity index (χ1n) is 7.03. The molecule has 0 N–H and O–H groups in total. The van der Waals surface area contributed by atoms with Gasteiger partial charge in [0, 0.05) is 5.92 Å². The van der Waals surface area contributed by atoms with E-state index in [9.17, 15) is 0 Å². The van der Waals surface area contributed by atoms with Crippen LogP contribution in [0.5, 0.6) is 0 Å². The van der Waals surface area contributed by atoms with E-state index in [1.54, 1.807) is 0 Å². The zero-order chi connectivity index (χ0) is 14.1. The zero-order valence-corrected chi connectivity index (χ0v) is 12.6. The van der Waals surface area contributed by atoms with Gasteiger partial charge in [-0.1, -0.05) is 13.8 Å². The third kappa shape index (κ3) is 2.03. The highest BCUT2D eigenvalue weighted by molar-refractivity contribution is 5.04. The summed E-state index contributed by atoms with van der Waals surface area (Å²) in [6.07, 6.45) is -0.500. The molecule has 4 atom stereocenters. The molecule has 0 aromatic rings. The minimum Gasteiger partial charge on any atom is -0.344 e. The summed E-state index contributed by atoms with van der Waals surface area (Å²) < 4.78 is 30.1. The second-order valence-electron chi connectivity index (χ2n) is 6.87.